The molecule has 2 rings (SSSR count). The van der Waals surface area contributed by atoms with Gasteiger partial charge in [-0.25, -0.2) is 10.5 Å². The van der Waals surface area contributed by atoms with E-state index in [9.17, 15) is 4.79 Å². The van der Waals surface area contributed by atoms with E-state index in [1.807, 2.05) is 24.3 Å². The van der Waals surface area contributed by atoms with Crippen molar-refractivity contribution >= 4 is 11.7 Å². The van der Waals surface area contributed by atoms with Crippen molar-refractivity contribution in [3.63, 3.8) is 0 Å². The van der Waals surface area contributed by atoms with Crippen molar-refractivity contribution in [2.75, 3.05) is 11.4 Å². The highest BCUT2D eigenvalue weighted by Crippen LogP contribution is 2.26. The molecular weight excluding hydrogens is 152 g/mol. The maximum atomic E-state index is 10.8. The third kappa shape index (κ3) is 0.942. The first-order valence-corrected chi connectivity index (χ1v) is 3.90. The largest absolute Gasteiger partial charge is 0.340 e. The molecule has 0 atom stereocenters. The van der Waals surface area contributed by atoms with Crippen LogP contribution in [0.25, 0.3) is 0 Å². The van der Waals surface area contributed by atoms with Crippen LogP contribution in [0.2, 0.25) is 0 Å². The number of para-hydroxylation sites is 1. The lowest BCUT2D eigenvalue weighted by Gasteiger charge is -2.12. The molecule has 1 aliphatic heterocycles. The van der Waals surface area contributed by atoms with Crippen molar-refractivity contribution in [1.29, 1.82) is 0 Å². The zero-order valence-electron chi connectivity index (χ0n) is 6.58. The maximum absolute atomic E-state index is 10.8. The molecule has 0 aliphatic carbocycles. The fourth-order valence-electron chi connectivity index (χ4n) is 1.55. The SMILES string of the molecule is [NH]C(=O)N1CCc2ccccc21. The number of nitrogens with one attached hydrogen (secondary N) is 1. The number of anilines is 1. The third-order valence-corrected chi connectivity index (χ3v) is 2.13. The van der Waals surface area contributed by atoms with Crippen molar-refractivity contribution < 1.29 is 4.79 Å². The van der Waals surface area contributed by atoms with Gasteiger partial charge >= 0.3 is 6.03 Å². The molecule has 1 radical (unpaired) electrons. The van der Waals surface area contributed by atoms with E-state index in [0.29, 0.717) is 6.54 Å². The summed E-state index contributed by atoms with van der Waals surface area (Å²) in [5.41, 5.74) is 9.06. The molecule has 1 aromatic rings. The minimum absolute atomic E-state index is 0.611. The maximum Gasteiger partial charge on any atom is 0.340 e. The number of hydrogen-bond donors (Lipinski definition) is 0. The van der Waals surface area contributed by atoms with Crippen molar-refractivity contribution in [3.05, 3.63) is 29.8 Å². The normalized spacial score (nSPS) is 14.5. The van der Waals surface area contributed by atoms with Gasteiger partial charge in [-0.1, -0.05) is 18.2 Å². The van der Waals surface area contributed by atoms with Gasteiger partial charge in [-0.3, -0.25) is 4.90 Å². The Morgan fingerprint density at radius 3 is 2.92 bits per heavy atom. The summed E-state index contributed by atoms with van der Waals surface area (Å²) < 4.78 is 0. The third-order valence-electron chi connectivity index (χ3n) is 2.13. The molecule has 0 aromatic heterocycles. The number of urea groups is 1. The van der Waals surface area contributed by atoms with Gasteiger partial charge in [0, 0.05) is 12.2 Å². The minimum atomic E-state index is -0.611. The summed E-state index contributed by atoms with van der Waals surface area (Å²) >= 11 is 0. The summed E-state index contributed by atoms with van der Waals surface area (Å²) in [7, 11) is 0. The molecule has 0 saturated heterocycles. The van der Waals surface area contributed by atoms with E-state index < -0.39 is 6.03 Å². The van der Waals surface area contributed by atoms with Crippen LogP contribution in [0.4, 0.5) is 10.5 Å². The number of rotatable bonds is 0. The van der Waals surface area contributed by atoms with E-state index in [0.717, 1.165) is 17.7 Å². The summed E-state index contributed by atoms with van der Waals surface area (Å²) in [6.45, 7) is 0.654. The molecule has 0 unspecified atom stereocenters. The zero-order chi connectivity index (χ0) is 8.55. The molecule has 0 spiro atoms. The molecular formula is C9H9N2O. The molecule has 0 bridgehead atoms. The Labute approximate surface area is 70.8 Å². The van der Waals surface area contributed by atoms with Crippen LogP contribution >= 0.6 is 0 Å². The lowest BCUT2D eigenvalue weighted by atomic mass is 10.2. The number of amides is 2. The smallest absolute Gasteiger partial charge is 0.292 e. The van der Waals surface area contributed by atoms with Crippen LogP contribution in [0.5, 0.6) is 0 Å². The first kappa shape index (κ1) is 7.16. The summed E-state index contributed by atoms with van der Waals surface area (Å²) in [5, 5.41) is 0. The predicted molar refractivity (Wildman–Crippen MR) is 46.0 cm³/mol. The van der Waals surface area contributed by atoms with Gasteiger partial charge in [0.05, 0.1) is 0 Å². The molecule has 1 heterocycles. The Kier molecular flexibility index (Phi) is 1.50. The predicted octanol–water partition coefficient (Wildman–Crippen LogP) is 1.45. The van der Waals surface area contributed by atoms with Gasteiger partial charge in [0.1, 0.15) is 0 Å². The zero-order valence-corrected chi connectivity index (χ0v) is 6.58. The van der Waals surface area contributed by atoms with Crippen LogP contribution in [0.1, 0.15) is 5.56 Å². The molecule has 3 heteroatoms. The van der Waals surface area contributed by atoms with Crippen molar-refractivity contribution in [2.45, 2.75) is 6.42 Å². The summed E-state index contributed by atoms with van der Waals surface area (Å²) in [4.78, 5) is 12.3. The molecule has 0 saturated carbocycles. The fourth-order valence-corrected chi connectivity index (χ4v) is 1.55. The second kappa shape index (κ2) is 2.52. The van der Waals surface area contributed by atoms with Gasteiger partial charge in [0.15, 0.2) is 0 Å². The van der Waals surface area contributed by atoms with Gasteiger partial charge in [-0.2, -0.15) is 0 Å². The number of hydrogen-bond acceptors (Lipinski definition) is 1. The first-order chi connectivity index (χ1) is 5.79. The number of carbonyl (C=O) groups is 1. The van der Waals surface area contributed by atoms with Gasteiger partial charge in [-0.05, 0) is 18.1 Å². The van der Waals surface area contributed by atoms with Crippen LogP contribution in [0, 0.1) is 0 Å². The number of fused-ring (bicyclic) bond motifs is 1. The van der Waals surface area contributed by atoms with E-state index >= 15 is 0 Å². The Bertz CT molecular complexity index is 322. The van der Waals surface area contributed by atoms with E-state index in [2.05, 4.69) is 0 Å². The lowest BCUT2D eigenvalue weighted by molar-refractivity contribution is 0.253. The average molecular weight is 161 g/mol. The van der Waals surface area contributed by atoms with Gasteiger partial charge < -0.3 is 0 Å². The highest BCUT2D eigenvalue weighted by Gasteiger charge is 2.21. The molecule has 12 heavy (non-hydrogen) atoms. The van der Waals surface area contributed by atoms with Crippen LogP contribution in [0.15, 0.2) is 24.3 Å². The van der Waals surface area contributed by atoms with E-state index in [1.165, 1.54) is 4.90 Å². The van der Waals surface area contributed by atoms with Crippen LogP contribution in [0.3, 0.4) is 0 Å². The molecule has 3 nitrogen and oxygen atoms in total. The van der Waals surface area contributed by atoms with E-state index in [-0.39, 0.29) is 0 Å². The van der Waals surface area contributed by atoms with E-state index in [4.69, 9.17) is 5.73 Å². The summed E-state index contributed by atoms with van der Waals surface area (Å²) in [5.74, 6) is 0. The quantitative estimate of drug-likeness (QED) is 0.568. The molecule has 61 valence electrons. The summed E-state index contributed by atoms with van der Waals surface area (Å²) in [6.07, 6.45) is 0.876. The van der Waals surface area contributed by atoms with Gasteiger partial charge in [-0.15, -0.1) is 0 Å². The topological polar surface area (TPSA) is 44.1 Å². The highest BCUT2D eigenvalue weighted by atomic mass is 16.2. The Morgan fingerprint density at radius 1 is 1.42 bits per heavy atom. The monoisotopic (exact) mass is 161 g/mol. The van der Waals surface area contributed by atoms with Crippen LogP contribution in [-0.4, -0.2) is 12.6 Å². The van der Waals surface area contributed by atoms with Gasteiger partial charge in [0.2, 0.25) is 0 Å². The Balaban J connectivity index is 2.42. The Morgan fingerprint density at radius 2 is 2.17 bits per heavy atom. The van der Waals surface area contributed by atoms with Crippen molar-refractivity contribution in [2.24, 2.45) is 0 Å². The second-order valence-electron chi connectivity index (χ2n) is 2.84. The molecule has 1 N–H and O–H groups in total. The molecule has 1 aromatic carbocycles. The second-order valence-corrected chi connectivity index (χ2v) is 2.84. The van der Waals surface area contributed by atoms with Crippen LogP contribution in [-0.2, 0) is 6.42 Å². The number of nitrogens with zero attached hydrogens (tertiary/aromatic N) is 1. The van der Waals surface area contributed by atoms with Gasteiger partial charge in [0.25, 0.3) is 0 Å². The van der Waals surface area contributed by atoms with Crippen LogP contribution < -0.4 is 10.6 Å². The first-order valence-electron chi connectivity index (χ1n) is 3.90. The van der Waals surface area contributed by atoms with Crippen molar-refractivity contribution in [1.82, 2.24) is 5.73 Å². The molecule has 2 amide bonds. The molecule has 0 fully saturated rings. The minimum Gasteiger partial charge on any atom is -0.292 e. The van der Waals surface area contributed by atoms with E-state index in [1.54, 1.807) is 0 Å². The van der Waals surface area contributed by atoms with Crippen molar-refractivity contribution in [3.8, 4) is 0 Å². The summed E-state index contributed by atoms with van der Waals surface area (Å²) in [6, 6.07) is 7.11. The average Bonchev–Trinajstić information content (AvgIpc) is 2.47. The highest BCUT2D eigenvalue weighted by molar-refractivity contribution is 5.92. The fraction of sp³-hybridized carbons (Fsp3) is 0.222. The Hall–Kier alpha value is -1.51. The molecule has 1 aliphatic rings. The number of benzene rings is 1. The standard InChI is InChI=1S/C9H9N2O/c10-9(12)11-6-5-7-3-1-2-4-8(7)11/h1-4,10H,5-6H2. The number of carbonyl (C=O) groups excluding carboxylic acids is 1. The lowest BCUT2D eigenvalue weighted by Crippen LogP contribution is -2.27.